The lowest BCUT2D eigenvalue weighted by Gasteiger charge is -2.07. The van der Waals surface area contributed by atoms with Crippen LogP contribution < -0.4 is 14.9 Å². The molecule has 1 heterocycles. The molecule has 5 heteroatoms. The predicted octanol–water partition coefficient (Wildman–Crippen LogP) is 3.18. The van der Waals surface area contributed by atoms with Crippen LogP contribution in [0, 0.1) is 0 Å². The van der Waals surface area contributed by atoms with Gasteiger partial charge in [-0.2, -0.15) is 0 Å². The maximum atomic E-state index is 12.6. The number of benzene rings is 2. The summed E-state index contributed by atoms with van der Waals surface area (Å²) in [4.78, 5) is 12.6. The second kappa shape index (κ2) is 5.44. The number of methoxy groups -OCH3 is 2. The summed E-state index contributed by atoms with van der Waals surface area (Å²) in [6.07, 6.45) is 1.38. The number of hydrogen-bond acceptors (Lipinski definition) is 5. The summed E-state index contributed by atoms with van der Waals surface area (Å²) in [6, 6.07) is 9.79. The molecule has 0 aliphatic heterocycles. The molecule has 0 spiro atoms. The zero-order valence-corrected chi connectivity index (χ0v) is 12.1. The summed E-state index contributed by atoms with van der Waals surface area (Å²) in [5, 5.41) is 10.3. The molecule has 2 aromatic carbocycles. The van der Waals surface area contributed by atoms with Crippen LogP contribution in [0.4, 0.5) is 0 Å². The Kier molecular flexibility index (Phi) is 3.47. The van der Waals surface area contributed by atoms with Gasteiger partial charge >= 0.3 is 0 Å². The summed E-state index contributed by atoms with van der Waals surface area (Å²) >= 11 is 0. The maximum absolute atomic E-state index is 12.6. The van der Waals surface area contributed by atoms with Crippen molar-refractivity contribution in [2.24, 2.45) is 0 Å². The van der Waals surface area contributed by atoms with Gasteiger partial charge in [-0.15, -0.1) is 0 Å². The first-order chi connectivity index (χ1) is 10.6. The van der Waals surface area contributed by atoms with Crippen molar-refractivity contribution >= 4 is 11.0 Å². The van der Waals surface area contributed by atoms with Gasteiger partial charge in [0.15, 0.2) is 16.9 Å². The lowest BCUT2D eigenvalue weighted by molar-refractivity contribution is 0.373. The highest BCUT2D eigenvalue weighted by atomic mass is 16.5. The van der Waals surface area contributed by atoms with Gasteiger partial charge in [0.25, 0.3) is 0 Å². The van der Waals surface area contributed by atoms with E-state index >= 15 is 0 Å². The smallest absolute Gasteiger partial charge is 0.200 e. The molecule has 0 saturated heterocycles. The molecule has 3 aromatic rings. The fraction of sp³-hybridized carbons (Fsp3) is 0.118. The summed E-state index contributed by atoms with van der Waals surface area (Å²) < 4.78 is 15.6. The first kappa shape index (κ1) is 14.0. The van der Waals surface area contributed by atoms with Crippen molar-refractivity contribution in [2.75, 3.05) is 14.2 Å². The molecule has 0 atom stereocenters. The molecule has 0 fully saturated rings. The van der Waals surface area contributed by atoms with Gasteiger partial charge in [0.05, 0.1) is 25.2 Å². The third-order valence-corrected chi connectivity index (χ3v) is 3.47. The molecule has 0 amide bonds. The SMILES string of the molecule is COc1ccc2c(=O)c(-c3ccc(OC)c(O)c3)coc2c1. The first-order valence-electron chi connectivity index (χ1n) is 6.61. The lowest BCUT2D eigenvalue weighted by atomic mass is 10.0. The Labute approximate surface area is 126 Å². The Morgan fingerprint density at radius 1 is 1.05 bits per heavy atom. The van der Waals surface area contributed by atoms with Gasteiger partial charge < -0.3 is 19.0 Å². The van der Waals surface area contributed by atoms with Crippen LogP contribution in [0.25, 0.3) is 22.1 Å². The van der Waals surface area contributed by atoms with E-state index in [2.05, 4.69) is 0 Å². The summed E-state index contributed by atoms with van der Waals surface area (Å²) in [6.45, 7) is 0. The van der Waals surface area contributed by atoms with Crippen LogP contribution in [0.2, 0.25) is 0 Å². The number of fused-ring (bicyclic) bond motifs is 1. The molecule has 0 radical (unpaired) electrons. The van der Waals surface area contributed by atoms with Crippen molar-refractivity contribution in [1.82, 2.24) is 0 Å². The normalized spacial score (nSPS) is 10.6. The maximum Gasteiger partial charge on any atom is 0.200 e. The molecule has 3 rings (SSSR count). The molecule has 5 nitrogen and oxygen atoms in total. The highest BCUT2D eigenvalue weighted by molar-refractivity contribution is 5.83. The van der Waals surface area contributed by atoms with Crippen molar-refractivity contribution in [3.63, 3.8) is 0 Å². The molecule has 1 N–H and O–H groups in total. The predicted molar refractivity (Wildman–Crippen MR) is 82.7 cm³/mol. The number of phenols is 1. The number of aromatic hydroxyl groups is 1. The molecule has 0 aliphatic carbocycles. The average molecular weight is 298 g/mol. The Morgan fingerprint density at radius 2 is 1.86 bits per heavy atom. The Balaban J connectivity index is 2.18. The molecule has 22 heavy (non-hydrogen) atoms. The van der Waals surface area contributed by atoms with Gasteiger partial charge in [-0.3, -0.25) is 4.79 Å². The lowest BCUT2D eigenvalue weighted by Crippen LogP contribution is -2.04. The second-order valence-electron chi connectivity index (χ2n) is 4.73. The van der Waals surface area contributed by atoms with E-state index in [0.29, 0.717) is 33.6 Å². The first-order valence-corrected chi connectivity index (χ1v) is 6.61. The summed E-state index contributed by atoms with van der Waals surface area (Å²) in [5.41, 5.74) is 1.21. The van der Waals surface area contributed by atoms with E-state index in [-0.39, 0.29) is 11.2 Å². The van der Waals surface area contributed by atoms with Crippen molar-refractivity contribution in [2.45, 2.75) is 0 Å². The van der Waals surface area contributed by atoms with Gasteiger partial charge in [-0.25, -0.2) is 0 Å². The molecular formula is C17H14O5. The molecule has 1 aromatic heterocycles. The van der Waals surface area contributed by atoms with Crippen molar-refractivity contribution < 1.29 is 19.0 Å². The van der Waals surface area contributed by atoms with E-state index in [1.807, 2.05) is 0 Å². The van der Waals surface area contributed by atoms with Gasteiger partial charge in [-0.1, -0.05) is 6.07 Å². The number of hydrogen-bond donors (Lipinski definition) is 1. The quantitative estimate of drug-likeness (QED) is 0.804. The zero-order chi connectivity index (χ0) is 15.7. The third kappa shape index (κ3) is 2.26. The van der Waals surface area contributed by atoms with E-state index in [1.54, 1.807) is 37.4 Å². The van der Waals surface area contributed by atoms with Gasteiger partial charge in [0.2, 0.25) is 0 Å². The standard InChI is InChI=1S/C17H14O5/c1-20-11-4-5-12-16(8-11)22-9-13(17(12)19)10-3-6-15(21-2)14(18)7-10/h3-9,18H,1-2H3. The fourth-order valence-electron chi connectivity index (χ4n) is 2.29. The van der Waals surface area contributed by atoms with E-state index in [9.17, 15) is 9.90 Å². The van der Waals surface area contributed by atoms with E-state index in [4.69, 9.17) is 13.9 Å². The number of rotatable bonds is 3. The highest BCUT2D eigenvalue weighted by Crippen LogP contribution is 2.31. The largest absolute Gasteiger partial charge is 0.504 e. The van der Waals surface area contributed by atoms with Crippen molar-refractivity contribution in [3.8, 4) is 28.4 Å². The minimum Gasteiger partial charge on any atom is -0.504 e. The van der Waals surface area contributed by atoms with E-state index in [0.717, 1.165) is 0 Å². The minimum absolute atomic E-state index is 0.0331. The van der Waals surface area contributed by atoms with Crippen LogP contribution in [0.15, 0.2) is 51.9 Å². The minimum atomic E-state index is -0.173. The van der Waals surface area contributed by atoms with Crippen molar-refractivity contribution in [1.29, 1.82) is 0 Å². The molecule has 112 valence electrons. The molecule has 0 bridgehead atoms. The van der Waals surface area contributed by atoms with Gasteiger partial charge in [0, 0.05) is 6.07 Å². The molecule has 0 saturated carbocycles. The van der Waals surface area contributed by atoms with E-state index < -0.39 is 0 Å². The fourth-order valence-corrected chi connectivity index (χ4v) is 2.29. The van der Waals surface area contributed by atoms with Crippen molar-refractivity contribution in [3.05, 3.63) is 52.9 Å². The van der Waals surface area contributed by atoms with Crippen LogP contribution >= 0.6 is 0 Å². The highest BCUT2D eigenvalue weighted by Gasteiger charge is 2.12. The monoisotopic (exact) mass is 298 g/mol. The molecule has 0 unspecified atom stereocenters. The number of ether oxygens (including phenoxy) is 2. The zero-order valence-electron chi connectivity index (χ0n) is 12.1. The van der Waals surface area contributed by atoms with Crippen LogP contribution in [-0.4, -0.2) is 19.3 Å². The van der Waals surface area contributed by atoms with E-state index in [1.165, 1.54) is 19.4 Å². The van der Waals surface area contributed by atoms with Gasteiger partial charge in [-0.05, 0) is 29.8 Å². The van der Waals surface area contributed by atoms with Gasteiger partial charge in [0.1, 0.15) is 17.6 Å². The second-order valence-corrected chi connectivity index (χ2v) is 4.73. The van der Waals surface area contributed by atoms with Crippen LogP contribution in [0.1, 0.15) is 0 Å². The Hall–Kier alpha value is -2.95. The van der Waals surface area contributed by atoms with Crippen LogP contribution in [0.5, 0.6) is 17.2 Å². The summed E-state index contributed by atoms with van der Waals surface area (Å²) in [5.74, 6) is 0.929. The Morgan fingerprint density at radius 3 is 2.55 bits per heavy atom. The van der Waals surface area contributed by atoms with Crippen LogP contribution in [0.3, 0.4) is 0 Å². The molecule has 0 aliphatic rings. The molecular weight excluding hydrogens is 284 g/mol. The summed E-state index contributed by atoms with van der Waals surface area (Å²) in [7, 11) is 3.01. The third-order valence-electron chi connectivity index (χ3n) is 3.47. The Bertz CT molecular complexity index is 895. The van der Waals surface area contributed by atoms with Crippen LogP contribution in [-0.2, 0) is 0 Å². The number of phenolic OH excluding ortho intramolecular Hbond substituents is 1. The topological polar surface area (TPSA) is 68.9 Å². The average Bonchev–Trinajstić information content (AvgIpc) is 2.54.